The number of carbonyl (C=O) groups is 3. The summed E-state index contributed by atoms with van der Waals surface area (Å²) in [7, 11) is 0. The molecule has 1 unspecified atom stereocenters. The molecule has 3 N–H and O–H groups in total. The second-order valence-electron chi connectivity index (χ2n) is 8.14. The molecule has 8 heteroatoms. The highest BCUT2D eigenvalue weighted by molar-refractivity contribution is 6.31. The average molecular weight is 493 g/mol. The van der Waals surface area contributed by atoms with Crippen LogP contribution in [-0.4, -0.2) is 35.7 Å². The molecule has 35 heavy (non-hydrogen) atoms. The molecule has 0 aromatic heterocycles. The molecule has 1 atom stereocenters. The number of hydrogen-bond acceptors (Lipinski definition) is 4. The van der Waals surface area contributed by atoms with Crippen molar-refractivity contribution in [2.75, 3.05) is 29.0 Å². The van der Waals surface area contributed by atoms with Crippen LogP contribution in [0.5, 0.6) is 0 Å². The van der Waals surface area contributed by atoms with Crippen LogP contribution in [0.15, 0.2) is 72.8 Å². The van der Waals surface area contributed by atoms with E-state index in [2.05, 4.69) is 16.0 Å². The first-order chi connectivity index (χ1) is 16.8. The van der Waals surface area contributed by atoms with Gasteiger partial charge in [0.2, 0.25) is 17.7 Å². The van der Waals surface area contributed by atoms with Crippen molar-refractivity contribution in [2.24, 2.45) is 0 Å². The van der Waals surface area contributed by atoms with Gasteiger partial charge in [0.25, 0.3) is 0 Å². The zero-order valence-corrected chi connectivity index (χ0v) is 20.7. The number of amides is 3. The molecule has 3 amide bonds. The van der Waals surface area contributed by atoms with Crippen LogP contribution in [0.4, 0.5) is 17.1 Å². The Bertz CT molecular complexity index is 1180. The Morgan fingerprint density at radius 2 is 1.46 bits per heavy atom. The van der Waals surface area contributed by atoms with E-state index < -0.39 is 6.04 Å². The van der Waals surface area contributed by atoms with E-state index in [0.29, 0.717) is 28.6 Å². The van der Waals surface area contributed by atoms with E-state index in [0.717, 1.165) is 11.1 Å². The smallest absolute Gasteiger partial charge is 0.246 e. The highest BCUT2D eigenvalue weighted by Crippen LogP contribution is 2.25. The third-order valence-corrected chi connectivity index (χ3v) is 5.82. The molecule has 182 valence electrons. The Balaban J connectivity index is 1.76. The Morgan fingerprint density at radius 1 is 0.857 bits per heavy atom. The number of hydrogen-bond donors (Lipinski definition) is 3. The number of nitrogens with one attached hydrogen (secondary N) is 3. The molecule has 0 bridgehead atoms. The summed E-state index contributed by atoms with van der Waals surface area (Å²) >= 11 is 6.23. The number of anilines is 3. The quantitative estimate of drug-likeness (QED) is 0.380. The number of nitrogens with zero attached hydrogens (tertiary/aromatic N) is 1. The lowest BCUT2D eigenvalue weighted by Gasteiger charge is -2.29. The minimum Gasteiger partial charge on any atom is -0.326 e. The molecule has 0 spiro atoms. The van der Waals surface area contributed by atoms with Gasteiger partial charge in [0.1, 0.15) is 6.04 Å². The van der Waals surface area contributed by atoms with Gasteiger partial charge in [0.15, 0.2) is 0 Å². The molecule has 7 nitrogen and oxygen atoms in total. The first kappa shape index (κ1) is 25.9. The van der Waals surface area contributed by atoms with E-state index in [1.807, 2.05) is 55.1 Å². The van der Waals surface area contributed by atoms with Gasteiger partial charge in [-0.3, -0.25) is 19.3 Å². The molecule has 0 aliphatic carbocycles. The number of aryl methyl sites for hydroxylation is 1. The van der Waals surface area contributed by atoms with Crippen LogP contribution in [-0.2, 0) is 14.4 Å². The van der Waals surface area contributed by atoms with Gasteiger partial charge in [-0.1, -0.05) is 54.9 Å². The zero-order valence-electron chi connectivity index (χ0n) is 20.0. The predicted octanol–water partition coefficient (Wildman–Crippen LogP) is 5.25. The Hall–Kier alpha value is -3.68. The summed E-state index contributed by atoms with van der Waals surface area (Å²) in [5.74, 6) is -0.685. The molecule has 0 saturated heterocycles. The molecule has 0 aliphatic rings. The summed E-state index contributed by atoms with van der Waals surface area (Å²) in [6.45, 7) is 5.71. The van der Waals surface area contributed by atoms with Crippen molar-refractivity contribution in [1.82, 2.24) is 4.90 Å². The number of carbonyl (C=O) groups excluding carboxylic acids is 3. The molecular formula is C27H29ClN4O3. The normalized spacial score (nSPS) is 11.6. The predicted molar refractivity (Wildman–Crippen MR) is 141 cm³/mol. The van der Waals surface area contributed by atoms with Crippen LogP contribution >= 0.6 is 11.6 Å². The first-order valence-corrected chi connectivity index (χ1v) is 11.7. The van der Waals surface area contributed by atoms with Crippen molar-refractivity contribution in [3.05, 3.63) is 88.9 Å². The maximum absolute atomic E-state index is 13.4. The SMILES string of the molecule is CCN(CC(=O)Nc1ccc(NC(C)=O)cc1)C(C(=O)Nc1ccc(C)c(Cl)c1)c1ccccc1. The van der Waals surface area contributed by atoms with E-state index in [-0.39, 0.29) is 24.3 Å². The topological polar surface area (TPSA) is 90.5 Å². The second kappa shape index (κ2) is 12.1. The standard InChI is InChI=1S/C27H29ClN4O3/c1-4-32(17-25(34)30-22-14-12-21(13-15-22)29-19(3)33)26(20-8-6-5-7-9-20)27(35)31-23-11-10-18(2)24(28)16-23/h5-16,26H,4,17H2,1-3H3,(H,29,33)(H,30,34)(H,31,35). The number of benzene rings is 3. The Kier molecular flexibility index (Phi) is 9.00. The molecular weight excluding hydrogens is 464 g/mol. The highest BCUT2D eigenvalue weighted by Gasteiger charge is 2.28. The zero-order chi connectivity index (χ0) is 25.4. The van der Waals surface area contributed by atoms with E-state index >= 15 is 0 Å². The maximum Gasteiger partial charge on any atom is 0.246 e. The van der Waals surface area contributed by atoms with Crippen LogP contribution in [0.1, 0.15) is 31.0 Å². The lowest BCUT2D eigenvalue weighted by atomic mass is 10.0. The summed E-state index contributed by atoms with van der Waals surface area (Å²) in [6.07, 6.45) is 0. The first-order valence-electron chi connectivity index (χ1n) is 11.3. The summed E-state index contributed by atoms with van der Waals surface area (Å²) in [4.78, 5) is 39.3. The highest BCUT2D eigenvalue weighted by atomic mass is 35.5. The molecule has 0 fully saturated rings. The largest absolute Gasteiger partial charge is 0.326 e. The van der Waals surface area contributed by atoms with Gasteiger partial charge in [-0.2, -0.15) is 0 Å². The van der Waals surface area contributed by atoms with Crippen LogP contribution in [0, 0.1) is 6.92 Å². The minimum absolute atomic E-state index is 0.00554. The Labute approximate surface area is 210 Å². The molecule has 3 rings (SSSR count). The fourth-order valence-corrected chi connectivity index (χ4v) is 3.84. The van der Waals surface area contributed by atoms with E-state index in [4.69, 9.17) is 11.6 Å². The average Bonchev–Trinajstić information content (AvgIpc) is 2.82. The third-order valence-electron chi connectivity index (χ3n) is 5.41. The van der Waals surface area contributed by atoms with Gasteiger partial charge in [0.05, 0.1) is 6.54 Å². The molecule has 3 aromatic carbocycles. The molecule has 0 heterocycles. The lowest BCUT2D eigenvalue weighted by Crippen LogP contribution is -2.41. The van der Waals surface area contributed by atoms with Crippen LogP contribution in [0.3, 0.4) is 0 Å². The van der Waals surface area contributed by atoms with E-state index in [9.17, 15) is 14.4 Å². The van der Waals surface area contributed by atoms with Gasteiger partial charge in [-0.05, 0) is 61.0 Å². The van der Waals surface area contributed by atoms with Crippen molar-refractivity contribution in [3.8, 4) is 0 Å². The van der Waals surface area contributed by atoms with Crippen LogP contribution in [0.25, 0.3) is 0 Å². The Morgan fingerprint density at radius 3 is 2.03 bits per heavy atom. The van der Waals surface area contributed by atoms with Gasteiger partial charge < -0.3 is 16.0 Å². The van der Waals surface area contributed by atoms with Crippen LogP contribution < -0.4 is 16.0 Å². The van der Waals surface area contributed by atoms with Crippen molar-refractivity contribution in [1.29, 1.82) is 0 Å². The lowest BCUT2D eigenvalue weighted by molar-refractivity contribution is -0.124. The van der Waals surface area contributed by atoms with Crippen LogP contribution in [0.2, 0.25) is 5.02 Å². The summed E-state index contributed by atoms with van der Waals surface area (Å²) in [5, 5.41) is 9.04. The summed E-state index contributed by atoms with van der Waals surface area (Å²) < 4.78 is 0. The van der Waals surface area contributed by atoms with Crippen molar-refractivity contribution >= 4 is 46.4 Å². The number of likely N-dealkylation sites (N-methyl/N-ethyl adjacent to an activating group) is 1. The molecule has 0 radical (unpaired) electrons. The number of halogens is 1. The fourth-order valence-electron chi connectivity index (χ4n) is 3.66. The van der Waals surface area contributed by atoms with E-state index in [1.54, 1.807) is 36.4 Å². The van der Waals surface area contributed by atoms with Gasteiger partial charge in [-0.15, -0.1) is 0 Å². The van der Waals surface area contributed by atoms with E-state index in [1.165, 1.54) is 6.92 Å². The second-order valence-corrected chi connectivity index (χ2v) is 8.54. The third kappa shape index (κ3) is 7.40. The molecule has 0 aliphatic heterocycles. The number of rotatable bonds is 9. The molecule has 0 saturated carbocycles. The van der Waals surface area contributed by atoms with Gasteiger partial charge in [0, 0.05) is 29.0 Å². The summed E-state index contributed by atoms with van der Waals surface area (Å²) in [5.41, 5.74) is 3.52. The fraction of sp³-hybridized carbons (Fsp3) is 0.222. The minimum atomic E-state index is -0.686. The summed E-state index contributed by atoms with van der Waals surface area (Å²) in [6, 6.07) is 20.9. The van der Waals surface area contributed by atoms with Gasteiger partial charge >= 0.3 is 0 Å². The van der Waals surface area contributed by atoms with Crippen molar-refractivity contribution < 1.29 is 14.4 Å². The monoisotopic (exact) mass is 492 g/mol. The maximum atomic E-state index is 13.4. The van der Waals surface area contributed by atoms with Crippen molar-refractivity contribution in [2.45, 2.75) is 26.8 Å². The van der Waals surface area contributed by atoms with Gasteiger partial charge in [-0.25, -0.2) is 0 Å². The van der Waals surface area contributed by atoms with Crippen molar-refractivity contribution in [3.63, 3.8) is 0 Å². The molecule has 3 aromatic rings.